The van der Waals surface area contributed by atoms with Crippen LogP contribution in [0.3, 0.4) is 0 Å². The van der Waals surface area contributed by atoms with Crippen molar-refractivity contribution in [1.82, 2.24) is 4.90 Å². The fraction of sp³-hybridized carbons (Fsp3) is 0.833. The lowest BCUT2D eigenvalue weighted by atomic mass is 10.1. The molecule has 0 radical (unpaired) electrons. The summed E-state index contributed by atoms with van der Waals surface area (Å²) in [5.74, 6) is 0.775. The Morgan fingerprint density at radius 1 is 1.38 bits per heavy atom. The van der Waals surface area contributed by atoms with Crippen LogP contribution < -0.4 is 5.73 Å². The molecular formula is C12H24N2OS. The molecule has 0 bridgehead atoms. The van der Waals surface area contributed by atoms with Crippen molar-refractivity contribution in [3.63, 3.8) is 0 Å². The second-order valence-corrected chi connectivity index (χ2v) is 5.23. The highest BCUT2D eigenvalue weighted by molar-refractivity contribution is 7.80. The molecule has 0 aliphatic carbocycles. The van der Waals surface area contributed by atoms with E-state index in [0.29, 0.717) is 23.9 Å². The molecule has 0 rings (SSSR count). The topological polar surface area (TPSA) is 46.3 Å². The summed E-state index contributed by atoms with van der Waals surface area (Å²) in [5.41, 5.74) is 5.47. The minimum absolute atomic E-state index is 0.0881. The Morgan fingerprint density at radius 3 is 2.31 bits per heavy atom. The van der Waals surface area contributed by atoms with E-state index in [1.54, 1.807) is 0 Å². The molecule has 1 atom stereocenters. The highest BCUT2D eigenvalue weighted by Gasteiger charge is 2.19. The summed E-state index contributed by atoms with van der Waals surface area (Å²) in [6, 6.07) is 0. The fourth-order valence-corrected chi connectivity index (χ4v) is 1.55. The number of hydrogen-bond acceptors (Lipinski definition) is 2. The molecule has 0 aromatic carbocycles. The number of amides is 1. The first-order valence-corrected chi connectivity index (χ1v) is 6.36. The number of nitrogens with two attached hydrogens (primary N) is 1. The molecule has 0 aromatic heterocycles. The molecule has 1 unspecified atom stereocenters. The van der Waals surface area contributed by atoms with Crippen molar-refractivity contribution in [3.8, 4) is 0 Å². The first-order chi connectivity index (χ1) is 7.38. The second kappa shape index (κ2) is 7.60. The van der Waals surface area contributed by atoms with Crippen molar-refractivity contribution in [2.45, 2.75) is 40.5 Å². The summed E-state index contributed by atoms with van der Waals surface area (Å²) >= 11 is 4.85. The maximum absolute atomic E-state index is 12.1. The Balaban J connectivity index is 4.40. The molecule has 1 amide bonds. The van der Waals surface area contributed by atoms with Crippen molar-refractivity contribution < 1.29 is 4.79 Å². The summed E-state index contributed by atoms with van der Waals surface area (Å²) in [6.07, 6.45) is 1.49. The Kier molecular flexibility index (Phi) is 7.30. The third-order valence-corrected chi connectivity index (χ3v) is 2.76. The summed E-state index contributed by atoms with van der Waals surface area (Å²) in [7, 11) is 0. The molecule has 0 fully saturated rings. The predicted octanol–water partition coefficient (Wildman–Crippen LogP) is 2.19. The summed E-state index contributed by atoms with van der Waals surface area (Å²) in [6.45, 7) is 9.65. The smallest absolute Gasteiger partial charge is 0.225 e. The first kappa shape index (κ1) is 15.4. The predicted molar refractivity (Wildman–Crippen MR) is 72.3 cm³/mol. The van der Waals surface area contributed by atoms with Crippen LogP contribution in [0.4, 0.5) is 0 Å². The monoisotopic (exact) mass is 244 g/mol. The first-order valence-electron chi connectivity index (χ1n) is 5.95. The Labute approximate surface area is 104 Å². The molecule has 0 heterocycles. The molecule has 0 aromatic rings. The Bertz CT molecular complexity index is 241. The lowest BCUT2D eigenvalue weighted by Crippen LogP contribution is -2.39. The number of nitrogens with zero attached hydrogens (tertiary/aromatic N) is 1. The zero-order valence-electron chi connectivity index (χ0n) is 10.8. The van der Waals surface area contributed by atoms with Crippen LogP contribution in [0.1, 0.15) is 40.5 Å². The van der Waals surface area contributed by atoms with E-state index in [0.717, 1.165) is 13.0 Å². The molecule has 0 aliphatic heterocycles. The fourth-order valence-electron chi connectivity index (χ4n) is 1.46. The number of thiocarbonyl (C=S) groups is 1. The van der Waals surface area contributed by atoms with Crippen LogP contribution in [0.5, 0.6) is 0 Å². The van der Waals surface area contributed by atoms with Gasteiger partial charge in [0.05, 0.1) is 4.99 Å². The summed E-state index contributed by atoms with van der Waals surface area (Å²) < 4.78 is 0. The maximum Gasteiger partial charge on any atom is 0.225 e. The van der Waals surface area contributed by atoms with Gasteiger partial charge in [-0.15, -0.1) is 0 Å². The van der Waals surface area contributed by atoms with Gasteiger partial charge in [0.1, 0.15) is 0 Å². The molecule has 2 N–H and O–H groups in total. The molecule has 0 spiro atoms. The molecule has 0 aliphatic rings. The normalized spacial score (nSPS) is 12.6. The maximum atomic E-state index is 12.1. The van der Waals surface area contributed by atoms with E-state index < -0.39 is 0 Å². The van der Waals surface area contributed by atoms with Gasteiger partial charge in [0.25, 0.3) is 0 Å². The third-order valence-electron chi connectivity index (χ3n) is 2.56. The third kappa shape index (κ3) is 6.05. The highest BCUT2D eigenvalue weighted by atomic mass is 32.1. The van der Waals surface area contributed by atoms with Gasteiger partial charge in [0.2, 0.25) is 5.91 Å². The number of carbonyl (C=O) groups excluding carboxylic acids is 1. The minimum Gasteiger partial charge on any atom is -0.393 e. The standard InChI is InChI=1S/C12H24N2OS/c1-5-10(4)12(15)14(8-9(2)3)7-6-11(13)16/h9-10H,5-8H2,1-4H3,(H2,13,16). The van der Waals surface area contributed by atoms with Crippen LogP contribution in [-0.4, -0.2) is 28.9 Å². The van der Waals surface area contributed by atoms with Gasteiger partial charge in [-0.1, -0.05) is 39.9 Å². The molecule has 4 heteroatoms. The molecule has 0 saturated carbocycles. The van der Waals surface area contributed by atoms with Crippen LogP contribution >= 0.6 is 12.2 Å². The van der Waals surface area contributed by atoms with Crippen molar-refractivity contribution in [3.05, 3.63) is 0 Å². The zero-order chi connectivity index (χ0) is 12.7. The van der Waals surface area contributed by atoms with E-state index in [1.165, 1.54) is 0 Å². The quantitative estimate of drug-likeness (QED) is 0.698. The van der Waals surface area contributed by atoms with E-state index in [4.69, 9.17) is 18.0 Å². The van der Waals surface area contributed by atoms with Crippen LogP contribution in [0.2, 0.25) is 0 Å². The van der Waals surface area contributed by atoms with Gasteiger partial charge in [-0.3, -0.25) is 4.79 Å². The average molecular weight is 244 g/mol. The number of carbonyl (C=O) groups is 1. The minimum atomic E-state index is 0.0881. The van der Waals surface area contributed by atoms with Crippen LogP contribution in [0.25, 0.3) is 0 Å². The van der Waals surface area contributed by atoms with Crippen LogP contribution in [-0.2, 0) is 4.79 Å². The van der Waals surface area contributed by atoms with E-state index in [2.05, 4.69) is 13.8 Å². The van der Waals surface area contributed by atoms with Crippen molar-refractivity contribution in [1.29, 1.82) is 0 Å². The Morgan fingerprint density at radius 2 is 1.94 bits per heavy atom. The van der Waals surface area contributed by atoms with Gasteiger partial charge in [-0.25, -0.2) is 0 Å². The lowest BCUT2D eigenvalue weighted by Gasteiger charge is -2.27. The van der Waals surface area contributed by atoms with Gasteiger partial charge in [0.15, 0.2) is 0 Å². The molecule has 94 valence electrons. The molecule has 0 saturated heterocycles. The lowest BCUT2D eigenvalue weighted by molar-refractivity contribution is -0.135. The zero-order valence-corrected chi connectivity index (χ0v) is 11.6. The van der Waals surface area contributed by atoms with E-state index in [9.17, 15) is 4.79 Å². The summed E-state index contributed by atoms with van der Waals surface area (Å²) in [5, 5.41) is 0. The van der Waals surface area contributed by atoms with Gasteiger partial charge < -0.3 is 10.6 Å². The Hall–Kier alpha value is -0.640. The molecule has 3 nitrogen and oxygen atoms in total. The van der Waals surface area contributed by atoms with Crippen molar-refractivity contribution >= 4 is 23.1 Å². The average Bonchev–Trinajstić information content (AvgIpc) is 2.21. The molecular weight excluding hydrogens is 220 g/mol. The van der Waals surface area contributed by atoms with Crippen molar-refractivity contribution in [2.24, 2.45) is 17.6 Å². The second-order valence-electron chi connectivity index (χ2n) is 4.70. The number of rotatable bonds is 7. The van der Waals surface area contributed by atoms with E-state index in [-0.39, 0.29) is 11.8 Å². The highest BCUT2D eigenvalue weighted by Crippen LogP contribution is 2.09. The summed E-state index contributed by atoms with van der Waals surface area (Å²) in [4.78, 5) is 14.4. The number of hydrogen-bond donors (Lipinski definition) is 1. The van der Waals surface area contributed by atoms with Crippen LogP contribution in [0, 0.1) is 11.8 Å². The van der Waals surface area contributed by atoms with Crippen molar-refractivity contribution in [2.75, 3.05) is 13.1 Å². The van der Waals surface area contributed by atoms with Gasteiger partial charge in [-0.2, -0.15) is 0 Å². The van der Waals surface area contributed by atoms with Gasteiger partial charge >= 0.3 is 0 Å². The van der Waals surface area contributed by atoms with E-state index in [1.807, 2.05) is 18.7 Å². The van der Waals surface area contributed by atoms with Crippen LogP contribution in [0.15, 0.2) is 0 Å². The largest absolute Gasteiger partial charge is 0.393 e. The van der Waals surface area contributed by atoms with Gasteiger partial charge in [0, 0.05) is 25.4 Å². The van der Waals surface area contributed by atoms with E-state index >= 15 is 0 Å². The molecule has 16 heavy (non-hydrogen) atoms. The SMILES string of the molecule is CCC(C)C(=O)N(CCC(N)=S)CC(C)C. The van der Waals surface area contributed by atoms with Gasteiger partial charge in [-0.05, 0) is 12.3 Å².